The lowest BCUT2D eigenvalue weighted by Gasteiger charge is -2.37. The van der Waals surface area contributed by atoms with Crippen molar-refractivity contribution < 1.29 is 19.1 Å². The first-order valence-corrected chi connectivity index (χ1v) is 13.5. The van der Waals surface area contributed by atoms with Crippen molar-refractivity contribution in [3.63, 3.8) is 0 Å². The molecular weight excluding hydrogens is 498 g/mol. The first-order chi connectivity index (χ1) is 18.5. The van der Waals surface area contributed by atoms with Crippen LogP contribution in [0.15, 0.2) is 94.4 Å². The summed E-state index contributed by atoms with van der Waals surface area (Å²) in [6.07, 6.45) is 0. The highest BCUT2D eigenvalue weighted by molar-refractivity contribution is 8.04. The fraction of sp³-hybridized carbons (Fsp3) is 0.233. The largest absolute Gasteiger partial charge is 0.462 e. The summed E-state index contributed by atoms with van der Waals surface area (Å²) in [5.74, 6) is -1.42. The molecule has 7 nitrogen and oxygen atoms in total. The molecule has 5 rings (SSSR count). The number of anilines is 2. The van der Waals surface area contributed by atoms with Gasteiger partial charge in [-0.05, 0) is 50.2 Å². The summed E-state index contributed by atoms with van der Waals surface area (Å²) < 4.78 is 5.21. The number of amides is 2. The number of hydrogen-bond donors (Lipinski definition) is 0. The number of rotatable bonds is 7. The van der Waals surface area contributed by atoms with Crippen molar-refractivity contribution >= 4 is 40.9 Å². The highest BCUT2D eigenvalue weighted by Crippen LogP contribution is 2.40. The van der Waals surface area contributed by atoms with Gasteiger partial charge in [0, 0.05) is 36.8 Å². The lowest BCUT2D eigenvalue weighted by atomic mass is 10.1. The minimum absolute atomic E-state index is 0.186. The molecule has 194 valence electrons. The maximum atomic E-state index is 14.0. The monoisotopic (exact) mass is 527 g/mol. The average molecular weight is 528 g/mol. The predicted molar refractivity (Wildman–Crippen MR) is 149 cm³/mol. The third-order valence-corrected chi connectivity index (χ3v) is 7.70. The number of ether oxygens (including phenoxy) is 1. The summed E-state index contributed by atoms with van der Waals surface area (Å²) in [7, 11) is 0. The molecule has 0 aliphatic carbocycles. The normalized spacial score (nSPS) is 15.9. The first-order valence-electron chi connectivity index (χ1n) is 12.7. The van der Waals surface area contributed by atoms with Gasteiger partial charge in [-0.2, -0.15) is 0 Å². The molecule has 2 amide bonds. The third-order valence-electron chi connectivity index (χ3n) is 6.62. The van der Waals surface area contributed by atoms with Gasteiger partial charge in [-0.15, -0.1) is 0 Å². The molecule has 0 atom stereocenters. The van der Waals surface area contributed by atoms with E-state index in [1.807, 2.05) is 54.3 Å². The van der Waals surface area contributed by atoms with E-state index >= 15 is 0 Å². The summed E-state index contributed by atoms with van der Waals surface area (Å²) in [4.78, 5) is 47.2. The van der Waals surface area contributed by atoms with E-state index in [2.05, 4.69) is 17.0 Å². The molecule has 3 aromatic carbocycles. The van der Waals surface area contributed by atoms with Crippen LogP contribution in [0.25, 0.3) is 0 Å². The molecular formula is C30H29N3O4S. The van der Waals surface area contributed by atoms with Crippen molar-refractivity contribution in [1.29, 1.82) is 0 Å². The van der Waals surface area contributed by atoms with Crippen LogP contribution in [-0.2, 0) is 14.3 Å². The van der Waals surface area contributed by atoms with Crippen LogP contribution in [0.2, 0.25) is 0 Å². The molecule has 0 saturated carbocycles. The average Bonchev–Trinajstić information content (AvgIpc) is 3.19. The van der Waals surface area contributed by atoms with E-state index < -0.39 is 17.8 Å². The maximum Gasteiger partial charge on any atom is 0.340 e. The molecule has 2 aliphatic rings. The number of benzene rings is 3. The Bertz CT molecular complexity index is 1380. The Balaban J connectivity index is 1.49. The number of carbonyl (C=O) groups excluding carboxylic acids is 3. The molecule has 0 unspecified atom stereocenters. The second kappa shape index (κ2) is 11.1. The van der Waals surface area contributed by atoms with Crippen molar-refractivity contribution in [1.82, 2.24) is 4.90 Å². The summed E-state index contributed by atoms with van der Waals surface area (Å²) in [6, 6.07) is 24.6. The van der Waals surface area contributed by atoms with Crippen molar-refractivity contribution in [3.05, 3.63) is 101 Å². The van der Waals surface area contributed by atoms with E-state index in [1.54, 1.807) is 31.2 Å². The quantitative estimate of drug-likeness (QED) is 0.321. The van der Waals surface area contributed by atoms with Crippen LogP contribution < -0.4 is 9.80 Å². The van der Waals surface area contributed by atoms with Gasteiger partial charge >= 0.3 is 5.97 Å². The zero-order chi connectivity index (χ0) is 26.6. The minimum Gasteiger partial charge on any atom is -0.462 e. The highest BCUT2D eigenvalue weighted by Gasteiger charge is 2.44. The van der Waals surface area contributed by atoms with Gasteiger partial charge < -0.3 is 14.5 Å². The van der Waals surface area contributed by atoms with Gasteiger partial charge in [-0.1, -0.05) is 59.8 Å². The molecule has 0 bridgehead atoms. The van der Waals surface area contributed by atoms with Crippen LogP contribution in [0.4, 0.5) is 11.4 Å². The second-order valence-corrected chi connectivity index (χ2v) is 10.2. The van der Waals surface area contributed by atoms with E-state index in [9.17, 15) is 14.4 Å². The maximum absolute atomic E-state index is 14.0. The molecule has 0 aromatic heterocycles. The Kier molecular flexibility index (Phi) is 7.51. The van der Waals surface area contributed by atoms with Gasteiger partial charge in [0.25, 0.3) is 11.8 Å². The van der Waals surface area contributed by atoms with E-state index in [4.69, 9.17) is 4.74 Å². The number of nitrogens with zero attached hydrogens (tertiary/aromatic N) is 3. The van der Waals surface area contributed by atoms with Crippen LogP contribution in [0.1, 0.15) is 22.8 Å². The van der Waals surface area contributed by atoms with Crippen LogP contribution in [0, 0.1) is 6.92 Å². The second-order valence-electron chi connectivity index (χ2n) is 9.09. The number of piperazine rings is 1. The Morgan fingerprint density at radius 3 is 2.13 bits per heavy atom. The summed E-state index contributed by atoms with van der Waals surface area (Å²) in [5, 5.41) is 0. The van der Waals surface area contributed by atoms with Gasteiger partial charge in [-0.3, -0.25) is 9.59 Å². The number of para-hydroxylation sites is 2. The molecule has 0 spiro atoms. The summed E-state index contributed by atoms with van der Waals surface area (Å²) in [6.45, 7) is 6.54. The molecule has 2 aliphatic heterocycles. The van der Waals surface area contributed by atoms with Crippen LogP contribution in [0.5, 0.6) is 0 Å². The van der Waals surface area contributed by atoms with Crippen LogP contribution in [0.3, 0.4) is 0 Å². The number of thioether (sulfide) groups is 1. The minimum atomic E-state index is -0.568. The van der Waals surface area contributed by atoms with Gasteiger partial charge in [0.2, 0.25) is 0 Å². The van der Waals surface area contributed by atoms with Crippen LogP contribution in [-0.4, -0.2) is 55.5 Å². The van der Waals surface area contributed by atoms with Gasteiger partial charge in [0.15, 0.2) is 0 Å². The number of imide groups is 1. The number of hydrogen-bond acceptors (Lipinski definition) is 7. The zero-order valence-electron chi connectivity index (χ0n) is 21.4. The smallest absolute Gasteiger partial charge is 0.340 e. The molecule has 38 heavy (non-hydrogen) atoms. The van der Waals surface area contributed by atoms with E-state index in [0.717, 1.165) is 34.1 Å². The molecule has 0 N–H and O–H groups in total. The topological polar surface area (TPSA) is 70.2 Å². The Morgan fingerprint density at radius 2 is 1.45 bits per heavy atom. The fourth-order valence-corrected chi connectivity index (χ4v) is 5.69. The van der Waals surface area contributed by atoms with E-state index in [1.165, 1.54) is 11.8 Å². The molecule has 2 heterocycles. The van der Waals surface area contributed by atoms with Gasteiger partial charge in [-0.25, -0.2) is 9.69 Å². The lowest BCUT2D eigenvalue weighted by Crippen LogP contribution is -2.47. The summed E-state index contributed by atoms with van der Waals surface area (Å²) >= 11 is 1.29. The molecule has 3 aromatic rings. The van der Waals surface area contributed by atoms with Crippen molar-refractivity contribution in [2.45, 2.75) is 18.7 Å². The molecule has 0 radical (unpaired) electrons. The number of esters is 1. The highest BCUT2D eigenvalue weighted by atomic mass is 32.2. The Hall–Kier alpha value is -4.04. The molecule has 8 heteroatoms. The fourth-order valence-electron chi connectivity index (χ4n) is 4.69. The predicted octanol–water partition coefficient (Wildman–Crippen LogP) is 4.87. The third kappa shape index (κ3) is 5.04. The number of carbonyl (C=O) groups is 3. The first kappa shape index (κ1) is 25.6. The van der Waals surface area contributed by atoms with Crippen molar-refractivity contribution in [3.8, 4) is 0 Å². The zero-order valence-corrected chi connectivity index (χ0v) is 22.2. The van der Waals surface area contributed by atoms with E-state index in [-0.39, 0.29) is 17.9 Å². The Labute approximate surface area is 226 Å². The molecule has 1 saturated heterocycles. The van der Waals surface area contributed by atoms with Crippen molar-refractivity contribution in [2.75, 3.05) is 42.6 Å². The van der Waals surface area contributed by atoms with Gasteiger partial charge in [0.1, 0.15) is 10.6 Å². The standard InChI is InChI=1S/C30H29N3O4S/c1-3-37-30(36)24-11-7-8-12-25(24)33-28(34)26(27(29(33)35)38-23-15-13-21(2)14-16-23)32-19-17-31(18-20-32)22-9-5-4-6-10-22/h4-16H,3,17-20H2,1-2H3. The lowest BCUT2D eigenvalue weighted by molar-refractivity contribution is -0.121. The summed E-state index contributed by atoms with van der Waals surface area (Å²) in [5.41, 5.74) is 3.05. The van der Waals surface area contributed by atoms with E-state index in [0.29, 0.717) is 23.7 Å². The molecule has 1 fully saturated rings. The SMILES string of the molecule is CCOC(=O)c1ccccc1N1C(=O)C(Sc2ccc(C)cc2)=C(N2CCN(c3ccccc3)CC2)C1=O. The van der Waals surface area contributed by atoms with Crippen LogP contribution >= 0.6 is 11.8 Å². The van der Waals surface area contributed by atoms with Gasteiger partial charge in [0.05, 0.1) is 17.9 Å². The Morgan fingerprint density at radius 1 is 0.816 bits per heavy atom. The number of aryl methyl sites for hydroxylation is 1. The van der Waals surface area contributed by atoms with Crippen molar-refractivity contribution in [2.24, 2.45) is 0 Å².